The molecule has 0 amide bonds. The van der Waals surface area contributed by atoms with Gasteiger partial charge in [-0.25, -0.2) is 0 Å². The van der Waals surface area contributed by atoms with Gasteiger partial charge in [-0.1, -0.05) is 43.7 Å². The van der Waals surface area contributed by atoms with Crippen LogP contribution in [0.5, 0.6) is 5.75 Å². The number of nitrogens with one attached hydrogen (secondary N) is 1. The van der Waals surface area contributed by atoms with Crippen LogP contribution in [-0.4, -0.2) is 12.8 Å². The molecule has 0 aliphatic rings. The Morgan fingerprint density at radius 1 is 1.05 bits per heavy atom. The van der Waals surface area contributed by atoms with Crippen molar-refractivity contribution in [2.45, 2.75) is 19.8 Å². The van der Waals surface area contributed by atoms with Crippen LogP contribution in [0.2, 0.25) is 0 Å². The van der Waals surface area contributed by atoms with Crippen molar-refractivity contribution in [3.8, 4) is 5.75 Å². The van der Waals surface area contributed by atoms with Crippen LogP contribution in [0, 0.1) is 0 Å². The standard InChI is InChI=1S/C17H20N2O/c1-2-3-13-20-17-12-8-7-9-15(17)14-18-19-16-10-5-4-6-11-16/h4-12,14,19H,2-3,13H2,1H3/b18-14+. The van der Waals surface area contributed by atoms with Crippen LogP contribution in [0.4, 0.5) is 5.69 Å². The summed E-state index contributed by atoms with van der Waals surface area (Å²) in [6.07, 6.45) is 3.98. The number of ether oxygens (including phenoxy) is 1. The highest BCUT2D eigenvalue weighted by molar-refractivity contribution is 5.83. The van der Waals surface area contributed by atoms with Crippen molar-refractivity contribution in [1.29, 1.82) is 0 Å². The number of hydrogen-bond donors (Lipinski definition) is 1. The topological polar surface area (TPSA) is 33.6 Å². The fourth-order valence-electron chi connectivity index (χ4n) is 1.73. The third-order valence-corrected chi connectivity index (χ3v) is 2.85. The molecule has 2 aromatic rings. The largest absolute Gasteiger partial charge is 0.493 e. The van der Waals surface area contributed by atoms with E-state index in [0.717, 1.165) is 36.4 Å². The highest BCUT2D eigenvalue weighted by atomic mass is 16.5. The Kier molecular flexibility index (Phi) is 5.65. The average Bonchev–Trinajstić information content (AvgIpc) is 2.50. The van der Waals surface area contributed by atoms with E-state index in [1.165, 1.54) is 0 Å². The van der Waals surface area contributed by atoms with E-state index < -0.39 is 0 Å². The number of unbranched alkanes of at least 4 members (excludes halogenated alkanes) is 1. The molecule has 2 aromatic carbocycles. The van der Waals surface area contributed by atoms with Crippen LogP contribution in [0.1, 0.15) is 25.3 Å². The van der Waals surface area contributed by atoms with Crippen molar-refractivity contribution in [3.63, 3.8) is 0 Å². The Labute approximate surface area is 120 Å². The molecule has 1 N–H and O–H groups in total. The molecule has 0 aliphatic carbocycles. The van der Waals surface area contributed by atoms with Gasteiger partial charge in [0.15, 0.2) is 0 Å². The summed E-state index contributed by atoms with van der Waals surface area (Å²) in [6, 6.07) is 17.8. The fraction of sp³-hybridized carbons (Fsp3) is 0.235. The predicted octanol–water partition coefficient (Wildman–Crippen LogP) is 4.31. The third-order valence-electron chi connectivity index (χ3n) is 2.85. The van der Waals surface area contributed by atoms with Crippen molar-refractivity contribution in [1.82, 2.24) is 0 Å². The molecule has 0 bridgehead atoms. The summed E-state index contributed by atoms with van der Waals surface area (Å²) in [5.41, 5.74) is 4.95. The summed E-state index contributed by atoms with van der Waals surface area (Å²) < 4.78 is 5.76. The summed E-state index contributed by atoms with van der Waals surface area (Å²) in [5, 5.41) is 4.25. The number of nitrogens with zero attached hydrogens (tertiary/aromatic N) is 1. The van der Waals surface area contributed by atoms with Gasteiger partial charge in [0.05, 0.1) is 18.5 Å². The molecular formula is C17H20N2O. The Morgan fingerprint density at radius 2 is 1.80 bits per heavy atom. The summed E-state index contributed by atoms with van der Waals surface area (Å²) in [5.74, 6) is 0.875. The van der Waals surface area contributed by atoms with Crippen molar-refractivity contribution in [3.05, 3.63) is 60.2 Å². The molecule has 2 rings (SSSR count). The first-order valence-electron chi connectivity index (χ1n) is 6.96. The third kappa shape index (κ3) is 4.43. The highest BCUT2D eigenvalue weighted by Crippen LogP contribution is 2.16. The maximum Gasteiger partial charge on any atom is 0.128 e. The number of anilines is 1. The second kappa shape index (κ2) is 8.00. The van der Waals surface area contributed by atoms with Crippen LogP contribution < -0.4 is 10.2 Å². The van der Waals surface area contributed by atoms with E-state index in [4.69, 9.17) is 4.74 Å². The number of hydrazone groups is 1. The zero-order valence-electron chi connectivity index (χ0n) is 11.8. The Bertz CT molecular complexity index is 538. The number of para-hydroxylation sites is 2. The molecule has 0 fully saturated rings. The molecule has 0 saturated heterocycles. The van der Waals surface area contributed by atoms with Gasteiger partial charge in [-0.05, 0) is 30.7 Å². The van der Waals surface area contributed by atoms with E-state index in [2.05, 4.69) is 17.5 Å². The van der Waals surface area contributed by atoms with Gasteiger partial charge in [-0.15, -0.1) is 0 Å². The van der Waals surface area contributed by atoms with Crippen LogP contribution in [0.3, 0.4) is 0 Å². The van der Waals surface area contributed by atoms with Gasteiger partial charge in [0.2, 0.25) is 0 Å². The first-order valence-corrected chi connectivity index (χ1v) is 6.96. The normalized spacial score (nSPS) is 10.7. The highest BCUT2D eigenvalue weighted by Gasteiger charge is 1.99. The van der Waals surface area contributed by atoms with Crippen LogP contribution >= 0.6 is 0 Å². The minimum Gasteiger partial charge on any atom is -0.493 e. The summed E-state index contributed by atoms with van der Waals surface area (Å²) >= 11 is 0. The van der Waals surface area contributed by atoms with E-state index >= 15 is 0 Å². The van der Waals surface area contributed by atoms with Gasteiger partial charge < -0.3 is 4.74 Å². The molecular weight excluding hydrogens is 248 g/mol. The molecule has 104 valence electrons. The lowest BCUT2D eigenvalue weighted by Crippen LogP contribution is -2.00. The van der Waals surface area contributed by atoms with Gasteiger partial charge in [0, 0.05) is 5.56 Å². The maximum absolute atomic E-state index is 5.76. The summed E-state index contributed by atoms with van der Waals surface area (Å²) in [7, 11) is 0. The Morgan fingerprint density at radius 3 is 2.60 bits per heavy atom. The Hall–Kier alpha value is -2.29. The first-order chi connectivity index (χ1) is 9.90. The molecule has 3 nitrogen and oxygen atoms in total. The molecule has 0 aromatic heterocycles. The van der Waals surface area contributed by atoms with E-state index in [1.807, 2.05) is 54.6 Å². The Balaban J connectivity index is 1.97. The average molecular weight is 268 g/mol. The maximum atomic E-state index is 5.76. The lowest BCUT2D eigenvalue weighted by molar-refractivity contribution is 0.309. The van der Waals surface area contributed by atoms with Gasteiger partial charge in [-0.3, -0.25) is 5.43 Å². The lowest BCUT2D eigenvalue weighted by atomic mass is 10.2. The van der Waals surface area contributed by atoms with E-state index in [0.29, 0.717) is 0 Å². The molecule has 0 aliphatic heterocycles. The van der Waals surface area contributed by atoms with Gasteiger partial charge >= 0.3 is 0 Å². The second-order valence-corrected chi connectivity index (χ2v) is 4.48. The quantitative estimate of drug-likeness (QED) is 0.461. The van der Waals surface area contributed by atoms with Gasteiger partial charge in [0.1, 0.15) is 5.75 Å². The molecule has 3 heteroatoms. The van der Waals surface area contributed by atoms with Crippen molar-refractivity contribution in [2.75, 3.05) is 12.0 Å². The first kappa shape index (κ1) is 14.1. The van der Waals surface area contributed by atoms with E-state index in [9.17, 15) is 0 Å². The zero-order chi connectivity index (χ0) is 14.0. The minimum atomic E-state index is 0.744. The monoisotopic (exact) mass is 268 g/mol. The summed E-state index contributed by atoms with van der Waals surface area (Å²) in [6.45, 7) is 2.90. The smallest absolute Gasteiger partial charge is 0.128 e. The van der Waals surface area contributed by atoms with Crippen LogP contribution in [-0.2, 0) is 0 Å². The number of hydrogen-bond acceptors (Lipinski definition) is 3. The number of benzene rings is 2. The molecule has 0 radical (unpaired) electrons. The lowest BCUT2D eigenvalue weighted by Gasteiger charge is -2.08. The van der Waals surface area contributed by atoms with Gasteiger partial charge in [-0.2, -0.15) is 5.10 Å². The van der Waals surface area contributed by atoms with E-state index in [1.54, 1.807) is 6.21 Å². The van der Waals surface area contributed by atoms with Gasteiger partial charge in [0.25, 0.3) is 0 Å². The molecule has 0 unspecified atom stereocenters. The van der Waals surface area contributed by atoms with Crippen molar-refractivity contribution < 1.29 is 4.74 Å². The molecule has 0 atom stereocenters. The SMILES string of the molecule is CCCCOc1ccccc1/C=N/Nc1ccccc1. The van der Waals surface area contributed by atoms with Crippen molar-refractivity contribution >= 4 is 11.9 Å². The zero-order valence-corrected chi connectivity index (χ0v) is 11.8. The molecule has 0 heterocycles. The van der Waals surface area contributed by atoms with Crippen LogP contribution in [0.25, 0.3) is 0 Å². The van der Waals surface area contributed by atoms with Crippen LogP contribution in [0.15, 0.2) is 59.7 Å². The molecule has 0 saturated carbocycles. The van der Waals surface area contributed by atoms with Crippen molar-refractivity contribution in [2.24, 2.45) is 5.10 Å². The minimum absolute atomic E-state index is 0.744. The second-order valence-electron chi connectivity index (χ2n) is 4.48. The summed E-state index contributed by atoms with van der Waals surface area (Å²) in [4.78, 5) is 0. The predicted molar refractivity (Wildman–Crippen MR) is 84.5 cm³/mol. The molecule has 0 spiro atoms. The van der Waals surface area contributed by atoms with E-state index in [-0.39, 0.29) is 0 Å². The molecule has 20 heavy (non-hydrogen) atoms. The number of rotatable bonds is 7. The fourth-order valence-corrected chi connectivity index (χ4v) is 1.73.